The van der Waals surface area contributed by atoms with Gasteiger partial charge < -0.3 is 4.90 Å². The van der Waals surface area contributed by atoms with E-state index in [0.717, 1.165) is 16.5 Å². The summed E-state index contributed by atoms with van der Waals surface area (Å²) in [5, 5.41) is 7.73. The lowest BCUT2D eigenvalue weighted by molar-refractivity contribution is 0.0785. The first-order chi connectivity index (χ1) is 10.1. The summed E-state index contributed by atoms with van der Waals surface area (Å²) in [6.07, 6.45) is 1.71. The molecule has 1 heterocycles. The summed E-state index contributed by atoms with van der Waals surface area (Å²) in [5.74, 6) is -0.414. The summed E-state index contributed by atoms with van der Waals surface area (Å²) in [6.45, 7) is 0.359. The van der Waals surface area contributed by atoms with Crippen molar-refractivity contribution in [2.75, 3.05) is 7.05 Å². The van der Waals surface area contributed by atoms with Crippen LogP contribution in [-0.2, 0) is 6.54 Å². The van der Waals surface area contributed by atoms with Crippen LogP contribution in [0.3, 0.4) is 0 Å². The molecule has 106 valence electrons. The van der Waals surface area contributed by atoms with Gasteiger partial charge in [-0.3, -0.25) is 9.89 Å². The van der Waals surface area contributed by atoms with Crippen LogP contribution < -0.4 is 0 Å². The minimum absolute atomic E-state index is 0.115. The van der Waals surface area contributed by atoms with Crippen LogP contribution in [0, 0.1) is 5.82 Å². The van der Waals surface area contributed by atoms with Gasteiger partial charge in [0.25, 0.3) is 5.91 Å². The molecule has 0 saturated heterocycles. The van der Waals surface area contributed by atoms with Gasteiger partial charge in [0.15, 0.2) is 0 Å². The third-order valence-electron chi connectivity index (χ3n) is 3.34. The fourth-order valence-electron chi connectivity index (χ4n) is 2.27. The molecule has 0 atom stereocenters. The Kier molecular flexibility index (Phi) is 3.39. The van der Waals surface area contributed by atoms with Crippen LogP contribution in [0.1, 0.15) is 15.9 Å². The molecule has 0 fully saturated rings. The van der Waals surface area contributed by atoms with Gasteiger partial charge in [0.1, 0.15) is 5.82 Å². The maximum absolute atomic E-state index is 13.2. The van der Waals surface area contributed by atoms with Gasteiger partial charge in [0.2, 0.25) is 0 Å². The van der Waals surface area contributed by atoms with Crippen LogP contribution in [-0.4, -0.2) is 28.1 Å². The Morgan fingerprint density at radius 1 is 1.29 bits per heavy atom. The number of hydrogen-bond donors (Lipinski definition) is 1. The van der Waals surface area contributed by atoms with Crippen molar-refractivity contribution in [2.24, 2.45) is 0 Å². The van der Waals surface area contributed by atoms with E-state index in [1.807, 2.05) is 6.07 Å². The first-order valence-electron chi connectivity index (χ1n) is 6.56. The smallest absolute Gasteiger partial charge is 0.253 e. The van der Waals surface area contributed by atoms with Crippen molar-refractivity contribution in [1.82, 2.24) is 15.1 Å². The highest BCUT2D eigenvalue weighted by molar-refractivity contribution is 5.97. The van der Waals surface area contributed by atoms with Crippen molar-refractivity contribution < 1.29 is 9.18 Å². The Labute approximate surface area is 121 Å². The maximum Gasteiger partial charge on any atom is 0.253 e. The molecule has 0 bridgehead atoms. The van der Waals surface area contributed by atoms with Crippen molar-refractivity contribution in [3.8, 4) is 0 Å². The van der Waals surface area contributed by atoms with Crippen molar-refractivity contribution in [3.63, 3.8) is 0 Å². The number of benzene rings is 2. The van der Waals surface area contributed by atoms with Gasteiger partial charge in [0, 0.05) is 24.5 Å². The van der Waals surface area contributed by atoms with Crippen LogP contribution in [0.2, 0.25) is 0 Å². The zero-order chi connectivity index (χ0) is 14.8. The average molecular weight is 283 g/mol. The molecule has 0 unspecified atom stereocenters. The Morgan fingerprint density at radius 2 is 2.14 bits per heavy atom. The molecule has 0 spiro atoms. The first kappa shape index (κ1) is 13.3. The fourth-order valence-corrected chi connectivity index (χ4v) is 2.27. The highest BCUT2D eigenvalue weighted by Crippen LogP contribution is 2.15. The number of nitrogens with zero attached hydrogens (tertiary/aromatic N) is 2. The Balaban J connectivity index is 1.80. The fraction of sp³-hybridized carbons (Fsp3) is 0.125. The number of carbonyl (C=O) groups excluding carboxylic acids is 1. The zero-order valence-electron chi connectivity index (χ0n) is 11.5. The van der Waals surface area contributed by atoms with E-state index in [2.05, 4.69) is 10.2 Å². The number of aromatic amines is 1. The molecule has 5 heteroatoms. The van der Waals surface area contributed by atoms with Crippen molar-refractivity contribution in [2.45, 2.75) is 6.54 Å². The van der Waals surface area contributed by atoms with Crippen molar-refractivity contribution in [3.05, 3.63) is 65.6 Å². The van der Waals surface area contributed by atoms with Gasteiger partial charge in [0.05, 0.1) is 11.7 Å². The van der Waals surface area contributed by atoms with E-state index >= 15 is 0 Å². The van der Waals surface area contributed by atoms with Gasteiger partial charge in [-0.05, 0) is 29.8 Å². The molecule has 1 aromatic heterocycles. The van der Waals surface area contributed by atoms with E-state index in [0.29, 0.717) is 12.1 Å². The van der Waals surface area contributed by atoms with Crippen LogP contribution in [0.4, 0.5) is 4.39 Å². The van der Waals surface area contributed by atoms with Gasteiger partial charge in [-0.2, -0.15) is 5.10 Å². The second kappa shape index (κ2) is 5.36. The lowest BCUT2D eigenvalue weighted by atomic mass is 10.1. The SMILES string of the molecule is CN(Cc1cccc(F)c1)C(=O)c1ccc2cn[nH]c2c1. The van der Waals surface area contributed by atoms with Crippen LogP contribution in [0.15, 0.2) is 48.7 Å². The Morgan fingerprint density at radius 3 is 2.95 bits per heavy atom. The number of aromatic nitrogens is 2. The van der Waals surface area contributed by atoms with Crippen LogP contribution in [0.5, 0.6) is 0 Å². The summed E-state index contributed by atoms with van der Waals surface area (Å²) in [7, 11) is 1.70. The number of nitrogens with one attached hydrogen (secondary N) is 1. The van der Waals surface area contributed by atoms with Crippen LogP contribution in [0.25, 0.3) is 10.9 Å². The van der Waals surface area contributed by atoms with E-state index in [4.69, 9.17) is 0 Å². The molecule has 3 aromatic rings. The number of amides is 1. The molecule has 0 radical (unpaired) electrons. The Bertz CT molecular complexity index is 797. The standard InChI is InChI=1S/C16H14FN3O/c1-20(10-11-3-2-4-14(17)7-11)16(21)12-5-6-13-9-18-19-15(13)8-12/h2-9H,10H2,1H3,(H,18,19). The van der Waals surface area contributed by atoms with E-state index in [9.17, 15) is 9.18 Å². The van der Waals surface area contributed by atoms with Crippen molar-refractivity contribution in [1.29, 1.82) is 0 Å². The van der Waals surface area contributed by atoms with Crippen molar-refractivity contribution >= 4 is 16.8 Å². The average Bonchev–Trinajstić information content (AvgIpc) is 2.93. The lowest BCUT2D eigenvalue weighted by Crippen LogP contribution is -2.26. The minimum atomic E-state index is -0.299. The Hall–Kier alpha value is -2.69. The molecule has 0 aliphatic carbocycles. The number of fused-ring (bicyclic) bond motifs is 1. The topological polar surface area (TPSA) is 49.0 Å². The third kappa shape index (κ3) is 2.76. The second-order valence-electron chi connectivity index (χ2n) is 4.96. The molecule has 1 amide bonds. The normalized spacial score (nSPS) is 10.8. The molecular formula is C16H14FN3O. The van der Waals surface area contributed by atoms with Crippen LogP contribution >= 0.6 is 0 Å². The maximum atomic E-state index is 13.2. The van der Waals surface area contributed by atoms with Gasteiger partial charge in [-0.15, -0.1) is 0 Å². The molecule has 3 rings (SSSR count). The summed E-state index contributed by atoms with van der Waals surface area (Å²) >= 11 is 0. The molecule has 4 nitrogen and oxygen atoms in total. The lowest BCUT2D eigenvalue weighted by Gasteiger charge is -2.17. The monoisotopic (exact) mass is 283 g/mol. The number of carbonyl (C=O) groups is 1. The molecule has 0 saturated carbocycles. The van der Waals surface area contributed by atoms with E-state index in [-0.39, 0.29) is 11.7 Å². The molecule has 1 N–H and O–H groups in total. The van der Waals surface area contributed by atoms with Gasteiger partial charge >= 0.3 is 0 Å². The molecular weight excluding hydrogens is 269 g/mol. The van der Waals surface area contributed by atoms with E-state index in [1.165, 1.54) is 12.1 Å². The number of rotatable bonds is 3. The molecule has 0 aliphatic rings. The van der Waals surface area contributed by atoms with Gasteiger partial charge in [-0.25, -0.2) is 4.39 Å². The highest BCUT2D eigenvalue weighted by atomic mass is 19.1. The minimum Gasteiger partial charge on any atom is -0.337 e. The summed E-state index contributed by atoms with van der Waals surface area (Å²) in [5.41, 5.74) is 2.15. The zero-order valence-corrected chi connectivity index (χ0v) is 11.5. The molecule has 0 aliphatic heterocycles. The number of hydrogen-bond acceptors (Lipinski definition) is 2. The predicted molar refractivity (Wildman–Crippen MR) is 78.3 cm³/mol. The summed E-state index contributed by atoms with van der Waals surface area (Å²) < 4.78 is 13.2. The summed E-state index contributed by atoms with van der Waals surface area (Å²) in [4.78, 5) is 14.0. The third-order valence-corrected chi connectivity index (χ3v) is 3.34. The summed E-state index contributed by atoms with van der Waals surface area (Å²) in [6, 6.07) is 11.6. The van der Waals surface area contributed by atoms with E-state index in [1.54, 1.807) is 42.4 Å². The predicted octanol–water partition coefficient (Wildman–Crippen LogP) is 2.97. The number of halogens is 1. The number of H-pyrrole nitrogens is 1. The molecule has 2 aromatic carbocycles. The first-order valence-corrected chi connectivity index (χ1v) is 6.56. The highest BCUT2D eigenvalue weighted by Gasteiger charge is 2.13. The quantitative estimate of drug-likeness (QED) is 0.803. The molecule has 21 heavy (non-hydrogen) atoms. The largest absolute Gasteiger partial charge is 0.337 e. The van der Waals surface area contributed by atoms with Gasteiger partial charge in [-0.1, -0.05) is 18.2 Å². The van der Waals surface area contributed by atoms with E-state index < -0.39 is 0 Å². The second-order valence-corrected chi connectivity index (χ2v) is 4.96.